The molecule has 26 heavy (non-hydrogen) atoms. The monoisotopic (exact) mass is 361 g/mol. The van der Waals surface area contributed by atoms with Crippen LogP contribution in [0.25, 0.3) is 0 Å². The largest absolute Gasteiger partial charge is 0.465 e. The van der Waals surface area contributed by atoms with Crippen molar-refractivity contribution in [3.63, 3.8) is 0 Å². The number of hydrogen-bond donors (Lipinski definition) is 2. The summed E-state index contributed by atoms with van der Waals surface area (Å²) in [7, 11) is 1.34. The molecule has 1 amide bonds. The summed E-state index contributed by atoms with van der Waals surface area (Å²) >= 11 is 0. The van der Waals surface area contributed by atoms with Crippen LogP contribution in [0, 0.1) is 5.92 Å². The number of nitrogen functional groups attached to an aromatic ring is 1. The van der Waals surface area contributed by atoms with Crippen molar-refractivity contribution < 1.29 is 19.1 Å². The Kier molecular flexibility index (Phi) is 4.73. The van der Waals surface area contributed by atoms with Crippen molar-refractivity contribution in [2.45, 2.75) is 51.3 Å². The number of rotatable bonds is 4. The highest BCUT2D eigenvalue weighted by Crippen LogP contribution is 2.48. The molecule has 2 fully saturated rings. The van der Waals surface area contributed by atoms with Gasteiger partial charge in [0.15, 0.2) is 0 Å². The Hall–Kier alpha value is -2.44. The number of ether oxygens (including phenoxy) is 2. The molecule has 1 aliphatic heterocycles. The number of carbonyl (C=O) groups excluding carboxylic acids is 2. The number of nitrogens with one attached hydrogen (secondary N) is 1. The molecule has 0 unspecified atom stereocenters. The number of piperidine rings is 1. The number of carbonyl (C=O) groups is 2. The lowest BCUT2D eigenvalue weighted by atomic mass is 10.1. The number of nitrogens with zero attached hydrogens (tertiary/aromatic N) is 1. The Balaban J connectivity index is 1.67. The third kappa shape index (κ3) is 3.86. The zero-order chi connectivity index (χ0) is 19.1. The molecule has 1 aromatic rings. The van der Waals surface area contributed by atoms with Gasteiger partial charge in [-0.05, 0) is 57.7 Å². The molecule has 0 bridgehead atoms. The van der Waals surface area contributed by atoms with Crippen LogP contribution in [-0.4, -0.2) is 48.3 Å². The first kappa shape index (κ1) is 18.4. The number of likely N-dealkylation sites (tertiary alicyclic amines) is 1. The maximum absolute atomic E-state index is 12.6. The van der Waals surface area contributed by atoms with E-state index >= 15 is 0 Å². The third-order valence-corrected chi connectivity index (χ3v) is 4.82. The Morgan fingerprint density at radius 3 is 2.69 bits per heavy atom. The van der Waals surface area contributed by atoms with E-state index in [4.69, 9.17) is 15.2 Å². The van der Waals surface area contributed by atoms with E-state index < -0.39 is 11.6 Å². The fraction of sp³-hybridized carbons (Fsp3) is 0.579. The Bertz CT molecular complexity index is 713. The Morgan fingerprint density at radius 1 is 1.31 bits per heavy atom. The first-order valence-corrected chi connectivity index (χ1v) is 8.92. The first-order chi connectivity index (χ1) is 12.2. The van der Waals surface area contributed by atoms with Gasteiger partial charge < -0.3 is 25.4 Å². The van der Waals surface area contributed by atoms with Crippen LogP contribution in [0.15, 0.2) is 18.2 Å². The molecule has 3 atom stereocenters. The number of benzene rings is 1. The second-order valence-corrected chi connectivity index (χ2v) is 8.01. The minimum Gasteiger partial charge on any atom is -0.465 e. The maximum Gasteiger partial charge on any atom is 0.410 e. The summed E-state index contributed by atoms with van der Waals surface area (Å²) in [5, 5.41) is 3.28. The molecule has 0 radical (unpaired) electrons. The van der Waals surface area contributed by atoms with Gasteiger partial charge in [-0.15, -0.1) is 0 Å². The van der Waals surface area contributed by atoms with Crippen molar-refractivity contribution in [2.24, 2.45) is 5.92 Å². The molecule has 0 spiro atoms. The normalized spacial score (nSPS) is 24.0. The average Bonchev–Trinajstić information content (AvgIpc) is 3.21. The summed E-state index contributed by atoms with van der Waals surface area (Å²) in [5.74, 6) is 0.151. The predicted octanol–water partition coefficient (Wildman–Crippen LogP) is 2.87. The standard InChI is InChI=1S/C19H27N3O4/c1-19(2,3)26-18(24)22-13(7-12-9-16(12)22)10-21-15-8-11(17(23)25-4)5-6-14(15)20/h5-6,8,12-13,16,21H,7,9-10,20H2,1-4H3/t12-,13-,16-/m1/s1. The van der Waals surface area contributed by atoms with Crippen molar-refractivity contribution in [3.05, 3.63) is 23.8 Å². The van der Waals surface area contributed by atoms with Gasteiger partial charge in [-0.1, -0.05) is 0 Å². The molecular formula is C19H27N3O4. The summed E-state index contributed by atoms with van der Waals surface area (Å²) in [6, 6.07) is 5.32. The highest BCUT2D eigenvalue weighted by molar-refractivity contribution is 5.92. The molecule has 3 N–H and O–H groups in total. The van der Waals surface area contributed by atoms with Crippen LogP contribution in [-0.2, 0) is 9.47 Å². The van der Waals surface area contributed by atoms with Crippen LogP contribution in [0.1, 0.15) is 44.0 Å². The number of fused-ring (bicyclic) bond motifs is 1. The molecule has 1 heterocycles. The topological polar surface area (TPSA) is 93.9 Å². The lowest BCUT2D eigenvalue weighted by Crippen LogP contribution is -2.44. The van der Waals surface area contributed by atoms with E-state index in [-0.39, 0.29) is 18.2 Å². The minimum absolute atomic E-state index is 0.0507. The zero-order valence-corrected chi connectivity index (χ0v) is 15.7. The molecule has 1 aromatic carbocycles. The molecule has 2 aliphatic rings. The van der Waals surface area contributed by atoms with Gasteiger partial charge in [-0.3, -0.25) is 0 Å². The summed E-state index contributed by atoms with van der Waals surface area (Å²) in [6.07, 6.45) is 1.74. The number of hydrogen-bond acceptors (Lipinski definition) is 6. The van der Waals surface area contributed by atoms with Crippen LogP contribution >= 0.6 is 0 Å². The van der Waals surface area contributed by atoms with E-state index in [9.17, 15) is 9.59 Å². The van der Waals surface area contributed by atoms with Crippen LogP contribution in [0.2, 0.25) is 0 Å². The predicted molar refractivity (Wildman–Crippen MR) is 99.1 cm³/mol. The Morgan fingerprint density at radius 2 is 2.04 bits per heavy atom. The number of amides is 1. The van der Waals surface area contributed by atoms with Crippen molar-refractivity contribution >= 4 is 23.4 Å². The fourth-order valence-corrected chi connectivity index (χ4v) is 3.52. The zero-order valence-electron chi connectivity index (χ0n) is 15.7. The quantitative estimate of drug-likeness (QED) is 0.633. The van der Waals surface area contributed by atoms with Crippen LogP contribution < -0.4 is 11.1 Å². The van der Waals surface area contributed by atoms with Crippen molar-refractivity contribution in [2.75, 3.05) is 24.7 Å². The first-order valence-electron chi connectivity index (χ1n) is 8.92. The molecule has 142 valence electrons. The van der Waals surface area contributed by atoms with E-state index in [2.05, 4.69) is 5.32 Å². The van der Waals surface area contributed by atoms with Crippen molar-refractivity contribution in [3.8, 4) is 0 Å². The molecule has 3 rings (SSSR count). The van der Waals surface area contributed by atoms with Gasteiger partial charge in [-0.25, -0.2) is 9.59 Å². The van der Waals surface area contributed by atoms with Gasteiger partial charge in [0.1, 0.15) is 5.60 Å². The summed E-state index contributed by atoms with van der Waals surface area (Å²) in [5.41, 5.74) is 7.14. The number of anilines is 2. The molecular weight excluding hydrogens is 334 g/mol. The van der Waals surface area contributed by atoms with Gasteiger partial charge in [-0.2, -0.15) is 0 Å². The summed E-state index contributed by atoms with van der Waals surface area (Å²) in [4.78, 5) is 26.1. The van der Waals surface area contributed by atoms with E-state index in [0.29, 0.717) is 29.4 Å². The summed E-state index contributed by atoms with van der Waals surface area (Å²) in [6.45, 7) is 6.17. The third-order valence-electron chi connectivity index (χ3n) is 4.82. The maximum atomic E-state index is 12.6. The SMILES string of the molecule is COC(=O)c1ccc(N)c(NC[C@H]2C[C@@H]3C[C@H]3N2C(=O)OC(C)(C)C)c1. The van der Waals surface area contributed by atoms with E-state index in [1.165, 1.54) is 7.11 Å². The molecule has 1 saturated carbocycles. The van der Waals surface area contributed by atoms with E-state index in [1.54, 1.807) is 18.2 Å². The van der Waals surface area contributed by atoms with Gasteiger partial charge >= 0.3 is 12.1 Å². The number of nitrogens with two attached hydrogens (primary N) is 1. The summed E-state index contributed by atoms with van der Waals surface area (Å²) < 4.78 is 10.3. The minimum atomic E-state index is -0.513. The van der Waals surface area contributed by atoms with E-state index in [1.807, 2.05) is 25.7 Å². The number of esters is 1. The van der Waals surface area contributed by atoms with Crippen LogP contribution in [0.5, 0.6) is 0 Å². The molecule has 1 aliphatic carbocycles. The van der Waals surface area contributed by atoms with Crippen molar-refractivity contribution in [1.29, 1.82) is 0 Å². The molecule has 7 nitrogen and oxygen atoms in total. The van der Waals surface area contributed by atoms with Crippen molar-refractivity contribution in [1.82, 2.24) is 4.90 Å². The molecule has 0 aromatic heterocycles. The highest BCUT2D eigenvalue weighted by atomic mass is 16.6. The van der Waals surface area contributed by atoms with Gasteiger partial charge in [0.25, 0.3) is 0 Å². The smallest absolute Gasteiger partial charge is 0.410 e. The van der Waals surface area contributed by atoms with Gasteiger partial charge in [0.05, 0.1) is 30.1 Å². The Labute approximate surface area is 153 Å². The average molecular weight is 361 g/mol. The van der Waals surface area contributed by atoms with Gasteiger partial charge in [0.2, 0.25) is 0 Å². The van der Waals surface area contributed by atoms with Gasteiger partial charge in [0, 0.05) is 12.6 Å². The fourth-order valence-electron chi connectivity index (χ4n) is 3.52. The van der Waals surface area contributed by atoms with Crippen LogP contribution in [0.4, 0.5) is 16.2 Å². The van der Waals surface area contributed by atoms with Crippen LogP contribution in [0.3, 0.4) is 0 Å². The highest BCUT2D eigenvalue weighted by Gasteiger charge is 2.54. The second kappa shape index (κ2) is 6.70. The lowest BCUT2D eigenvalue weighted by Gasteiger charge is -2.31. The number of methoxy groups -OCH3 is 1. The molecule has 1 saturated heterocycles. The second-order valence-electron chi connectivity index (χ2n) is 8.01. The lowest BCUT2D eigenvalue weighted by molar-refractivity contribution is 0.0194. The van der Waals surface area contributed by atoms with E-state index in [0.717, 1.165) is 12.8 Å². The molecule has 7 heteroatoms.